The summed E-state index contributed by atoms with van der Waals surface area (Å²) < 4.78 is 22.0. The molecule has 1 rings (SSSR count). The Kier molecular flexibility index (Phi) is 2.77. The molecule has 1 aliphatic heterocycles. The topological polar surface area (TPSA) is 35.5 Å². The van der Waals surface area contributed by atoms with Crippen molar-refractivity contribution in [2.24, 2.45) is 5.41 Å². The van der Waals surface area contributed by atoms with Crippen LogP contribution in [0.3, 0.4) is 0 Å². The van der Waals surface area contributed by atoms with Crippen LogP contribution in [-0.4, -0.2) is 19.4 Å². The molecule has 0 aliphatic carbocycles. The maximum atomic E-state index is 11.6. The average Bonchev–Trinajstić information content (AvgIpc) is 1.98. The fourth-order valence-electron chi connectivity index (χ4n) is 0.889. The standard InChI is InChI=1S/C8H15O3P/c1-4-5-12(9)10-6-8(2,3)7-11-12/h4H,1,5-7H2,2-3H3. The maximum Gasteiger partial charge on any atom is 0.334 e. The van der Waals surface area contributed by atoms with Gasteiger partial charge in [-0.2, -0.15) is 0 Å². The van der Waals surface area contributed by atoms with E-state index in [0.29, 0.717) is 19.4 Å². The van der Waals surface area contributed by atoms with Gasteiger partial charge in [-0.1, -0.05) is 19.9 Å². The zero-order chi connectivity index (χ0) is 9.24. The molecule has 12 heavy (non-hydrogen) atoms. The van der Waals surface area contributed by atoms with Crippen LogP contribution in [0.1, 0.15) is 13.8 Å². The van der Waals surface area contributed by atoms with Crippen LogP contribution < -0.4 is 0 Å². The van der Waals surface area contributed by atoms with Crippen molar-refractivity contribution in [1.29, 1.82) is 0 Å². The second kappa shape index (κ2) is 3.33. The van der Waals surface area contributed by atoms with Gasteiger partial charge in [-0.25, -0.2) is 0 Å². The van der Waals surface area contributed by atoms with E-state index in [2.05, 4.69) is 6.58 Å². The molecule has 0 atom stereocenters. The van der Waals surface area contributed by atoms with Gasteiger partial charge in [-0.05, 0) is 0 Å². The molecule has 0 saturated carbocycles. The Balaban J connectivity index is 2.55. The minimum Gasteiger partial charge on any atom is -0.308 e. The van der Waals surface area contributed by atoms with Crippen LogP contribution in [0, 0.1) is 5.41 Å². The quantitative estimate of drug-likeness (QED) is 0.495. The number of hydrogen-bond acceptors (Lipinski definition) is 3. The summed E-state index contributed by atoms with van der Waals surface area (Å²) in [7, 11) is -2.81. The van der Waals surface area contributed by atoms with Crippen LogP contribution in [0.4, 0.5) is 0 Å². The molecule has 1 aliphatic rings. The monoisotopic (exact) mass is 190 g/mol. The summed E-state index contributed by atoms with van der Waals surface area (Å²) in [6.07, 6.45) is 1.88. The second-order valence-corrected chi connectivity index (χ2v) is 5.90. The molecular formula is C8H15O3P. The van der Waals surface area contributed by atoms with Gasteiger partial charge in [0.25, 0.3) is 0 Å². The average molecular weight is 190 g/mol. The van der Waals surface area contributed by atoms with Crippen LogP contribution in [-0.2, 0) is 13.6 Å². The van der Waals surface area contributed by atoms with Gasteiger partial charge in [-0.15, -0.1) is 6.58 Å². The van der Waals surface area contributed by atoms with Gasteiger partial charge >= 0.3 is 7.60 Å². The Labute approximate surface area is 73.3 Å². The van der Waals surface area contributed by atoms with Crippen molar-refractivity contribution >= 4 is 7.60 Å². The summed E-state index contributed by atoms with van der Waals surface area (Å²) in [6, 6.07) is 0. The van der Waals surface area contributed by atoms with Crippen LogP contribution >= 0.6 is 7.60 Å². The lowest BCUT2D eigenvalue weighted by atomic mass is 9.97. The molecule has 0 N–H and O–H groups in total. The van der Waals surface area contributed by atoms with Crippen molar-refractivity contribution in [3.8, 4) is 0 Å². The minimum atomic E-state index is -2.81. The molecule has 0 spiro atoms. The molecular weight excluding hydrogens is 175 g/mol. The van der Waals surface area contributed by atoms with Crippen molar-refractivity contribution in [3.05, 3.63) is 12.7 Å². The van der Waals surface area contributed by atoms with Gasteiger partial charge in [0, 0.05) is 5.41 Å². The molecule has 1 fully saturated rings. The summed E-state index contributed by atoms with van der Waals surface area (Å²) in [4.78, 5) is 0. The molecule has 0 unspecified atom stereocenters. The summed E-state index contributed by atoms with van der Waals surface area (Å²) in [5.74, 6) is 0. The lowest BCUT2D eigenvalue weighted by Crippen LogP contribution is -2.29. The molecule has 70 valence electrons. The van der Waals surface area contributed by atoms with Crippen molar-refractivity contribution in [3.63, 3.8) is 0 Å². The first kappa shape index (κ1) is 9.97. The first-order chi connectivity index (χ1) is 5.47. The molecule has 4 heteroatoms. The largest absolute Gasteiger partial charge is 0.334 e. The Morgan fingerprint density at radius 2 is 2.00 bits per heavy atom. The highest BCUT2D eigenvalue weighted by Gasteiger charge is 2.35. The van der Waals surface area contributed by atoms with Gasteiger partial charge in [0.2, 0.25) is 0 Å². The Bertz CT molecular complexity index is 208. The van der Waals surface area contributed by atoms with Gasteiger partial charge in [0.05, 0.1) is 19.4 Å². The first-order valence-electron chi connectivity index (χ1n) is 3.96. The van der Waals surface area contributed by atoms with E-state index in [0.717, 1.165) is 0 Å². The normalized spacial score (nSPS) is 26.5. The van der Waals surface area contributed by atoms with Crippen molar-refractivity contribution in [1.82, 2.24) is 0 Å². The van der Waals surface area contributed by atoms with E-state index in [4.69, 9.17) is 9.05 Å². The maximum absolute atomic E-state index is 11.6. The summed E-state index contributed by atoms with van der Waals surface area (Å²) in [6.45, 7) is 8.54. The molecule has 0 amide bonds. The molecule has 0 aromatic rings. The minimum absolute atomic E-state index is 0.0188. The fourth-order valence-corrected chi connectivity index (χ4v) is 2.58. The Hall–Kier alpha value is -0.110. The van der Waals surface area contributed by atoms with Gasteiger partial charge in [0.1, 0.15) is 0 Å². The summed E-state index contributed by atoms with van der Waals surface area (Å²) >= 11 is 0. The highest BCUT2D eigenvalue weighted by Crippen LogP contribution is 2.53. The molecule has 0 bridgehead atoms. The van der Waals surface area contributed by atoms with E-state index in [9.17, 15) is 4.57 Å². The second-order valence-electron chi connectivity index (χ2n) is 3.79. The van der Waals surface area contributed by atoms with Crippen LogP contribution in [0.2, 0.25) is 0 Å². The molecule has 1 heterocycles. The number of rotatable bonds is 2. The van der Waals surface area contributed by atoms with Gasteiger partial charge in [0.15, 0.2) is 0 Å². The lowest BCUT2D eigenvalue weighted by molar-refractivity contribution is 0.0425. The third kappa shape index (κ3) is 2.44. The van der Waals surface area contributed by atoms with E-state index in [1.54, 1.807) is 6.08 Å². The smallest absolute Gasteiger partial charge is 0.308 e. The highest BCUT2D eigenvalue weighted by molar-refractivity contribution is 7.54. The van der Waals surface area contributed by atoms with Crippen LogP contribution in [0.5, 0.6) is 0 Å². The molecule has 1 saturated heterocycles. The number of hydrogen-bond donors (Lipinski definition) is 0. The van der Waals surface area contributed by atoms with E-state index < -0.39 is 7.60 Å². The van der Waals surface area contributed by atoms with Gasteiger partial charge in [-0.3, -0.25) is 4.57 Å². The molecule has 0 aromatic heterocycles. The zero-order valence-electron chi connectivity index (χ0n) is 7.58. The Morgan fingerprint density at radius 3 is 2.42 bits per heavy atom. The van der Waals surface area contributed by atoms with Crippen molar-refractivity contribution < 1.29 is 13.6 Å². The Morgan fingerprint density at radius 1 is 1.50 bits per heavy atom. The molecule has 0 aromatic carbocycles. The van der Waals surface area contributed by atoms with Gasteiger partial charge < -0.3 is 9.05 Å². The van der Waals surface area contributed by atoms with Crippen molar-refractivity contribution in [2.75, 3.05) is 19.4 Å². The third-order valence-corrected chi connectivity index (χ3v) is 3.41. The zero-order valence-corrected chi connectivity index (χ0v) is 8.47. The molecule has 3 nitrogen and oxygen atoms in total. The number of allylic oxidation sites excluding steroid dienone is 1. The SMILES string of the molecule is C=CCP1(=O)OCC(C)(C)CO1. The van der Waals surface area contributed by atoms with Crippen LogP contribution in [0.15, 0.2) is 12.7 Å². The van der Waals surface area contributed by atoms with E-state index >= 15 is 0 Å². The predicted octanol–water partition coefficient (Wildman–Crippen LogP) is 2.44. The van der Waals surface area contributed by atoms with Crippen LogP contribution in [0.25, 0.3) is 0 Å². The van der Waals surface area contributed by atoms with E-state index in [-0.39, 0.29) is 5.41 Å². The molecule has 0 radical (unpaired) electrons. The third-order valence-electron chi connectivity index (χ3n) is 1.66. The predicted molar refractivity (Wildman–Crippen MR) is 48.4 cm³/mol. The highest BCUT2D eigenvalue weighted by atomic mass is 31.2. The van der Waals surface area contributed by atoms with Crippen molar-refractivity contribution in [2.45, 2.75) is 13.8 Å². The summed E-state index contributed by atoms with van der Waals surface area (Å²) in [5.41, 5.74) is -0.0188. The first-order valence-corrected chi connectivity index (χ1v) is 5.69. The summed E-state index contributed by atoms with van der Waals surface area (Å²) in [5, 5.41) is 0. The lowest BCUT2D eigenvalue weighted by Gasteiger charge is -2.33. The van der Waals surface area contributed by atoms with E-state index in [1.807, 2.05) is 13.8 Å². The fraction of sp³-hybridized carbons (Fsp3) is 0.750. The van der Waals surface area contributed by atoms with E-state index in [1.165, 1.54) is 0 Å².